The highest BCUT2D eigenvalue weighted by Gasteiger charge is 2.07. The zero-order valence-electron chi connectivity index (χ0n) is 12.6. The van der Waals surface area contributed by atoms with Crippen LogP contribution in [0.1, 0.15) is 19.8 Å². The lowest BCUT2D eigenvalue weighted by Gasteiger charge is -2.05. The van der Waals surface area contributed by atoms with Gasteiger partial charge in [-0.1, -0.05) is 43.7 Å². The van der Waals surface area contributed by atoms with Crippen molar-refractivity contribution in [2.45, 2.75) is 19.8 Å². The van der Waals surface area contributed by atoms with Crippen LogP contribution in [0.15, 0.2) is 54.2 Å². The summed E-state index contributed by atoms with van der Waals surface area (Å²) in [5, 5.41) is 17.1. The average Bonchev–Trinajstić information content (AvgIpc) is 2.55. The monoisotopic (exact) mass is 293 g/mol. The molecular formula is C18H19N3O. The van der Waals surface area contributed by atoms with Crippen molar-refractivity contribution in [2.24, 2.45) is 0 Å². The van der Waals surface area contributed by atoms with Gasteiger partial charge in [0.05, 0.1) is 0 Å². The second-order valence-corrected chi connectivity index (χ2v) is 4.99. The van der Waals surface area contributed by atoms with E-state index in [2.05, 4.69) is 17.6 Å². The fraction of sp³-hybridized carbons (Fsp3) is 0.222. The number of nitrogens with one attached hydrogen (secondary N) is 2. The van der Waals surface area contributed by atoms with Crippen LogP contribution in [0.3, 0.4) is 0 Å². The molecule has 0 aliphatic heterocycles. The molecule has 0 saturated heterocycles. The molecule has 4 heteroatoms. The molecule has 0 aliphatic rings. The van der Waals surface area contributed by atoms with Crippen molar-refractivity contribution in [1.29, 1.82) is 5.26 Å². The zero-order valence-corrected chi connectivity index (χ0v) is 12.6. The van der Waals surface area contributed by atoms with Crippen LogP contribution < -0.4 is 10.6 Å². The third kappa shape index (κ3) is 4.10. The number of carbonyl (C=O) groups excluding carboxylic acids is 1. The van der Waals surface area contributed by atoms with Crippen molar-refractivity contribution in [3.8, 4) is 6.07 Å². The quantitative estimate of drug-likeness (QED) is 0.486. The molecule has 22 heavy (non-hydrogen) atoms. The number of hydrogen-bond donors (Lipinski definition) is 2. The minimum absolute atomic E-state index is 0.0734. The van der Waals surface area contributed by atoms with Gasteiger partial charge >= 0.3 is 0 Å². The number of carbonyl (C=O) groups is 1. The van der Waals surface area contributed by atoms with Gasteiger partial charge in [0.1, 0.15) is 11.6 Å². The van der Waals surface area contributed by atoms with Gasteiger partial charge in [0.2, 0.25) is 0 Å². The highest BCUT2D eigenvalue weighted by atomic mass is 16.1. The predicted molar refractivity (Wildman–Crippen MR) is 89.2 cm³/mol. The molecule has 112 valence electrons. The molecule has 0 atom stereocenters. The first kappa shape index (κ1) is 15.6. The van der Waals surface area contributed by atoms with Gasteiger partial charge in [0.25, 0.3) is 5.91 Å². The average molecular weight is 293 g/mol. The maximum Gasteiger partial charge on any atom is 0.263 e. The van der Waals surface area contributed by atoms with Gasteiger partial charge in [0.15, 0.2) is 0 Å². The zero-order chi connectivity index (χ0) is 15.8. The molecule has 0 heterocycles. The Hall–Kier alpha value is -2.80. The summed E-state index contributed by atoms with van der Waals surface area (Å²) in [6.07, 6.45) is 3.36. The minimum Gasteiger partial charge on any atom is -0.360 e. The summed E-state index contributed by atoms with van der Waals surface area (Å²) >= 11 is 0. The van der Waals surface area contributed by atoms with E-state index in [1.165, 1.54) is 6.20 Å². The number of rotatable bonds is 6. The highest BCUT2D eigenvalue weighted by Crippen LogP contribution is 2.18. The topological polar surface area (TPSA) is 64.9 Å². The Balaban J connectivity index is 2.06. The standard InChI is InChI=1S/C18H19N3O/c1-2-3-10-20-18(22)16(12-19)13-21-17-9-8-14-6-4-5-7-15(14)11-17/h4-9,11,13,21H,2-3,10H2,1H3,(H,20,22)/b16-13-. The van der Waals surface area contributed by atoms with Gasteiger partial charge in [-0.3, -0.25) is 4.79 Å². The summed E-state index contributed by atoms with van der Waals surface area (Å²) in [4.78, 5) is 11.8. The fourth-order valence-electron chi connectivity index (χ4n) is 2.06. The summed E-state index contributed by atoms with van der Waals surface area (Å²) in [7, 11) is 0. The third-order valence-corrected chi connectivity index (χ3v) is 3.31. The molecule has 0 aliphatic carbocycles. The number of anilines is 1. The second-order valence-electron chi connectivity index (χ2n) is 4.99. The van der Waals surface area contributed by atoms with E-state index in [4.69, 9.17) is 5.26 Å². The Morgan fingerprint density at radius 3 is 2.73 bits per heavy atom. The van der Waals surface area contributed by atoms with Gasteiger partial charge in [-0.05, 0) is 29.3 Å². The largest absolute Gasteiger partial charge is 0.360 e. The molecule has 0 spiro atoms. The second kappa shape index (κ2) is 7.84. The third-order valence-electron chi connectivity index (χ3n) is 3.31. The van der Waals surface area contributed by atoms with Crippen molar-refractivity contribution >= 4 is 22.4 Å². The first-order valence-corrected chi connectivity index (χ1v) is 7.38. The molecule has 0 bridgehead atoms. The lowest BCUT2D eigenvalue weighted by atomic mass is 10.1. The Morgan fingerprint density at radius 2 is 2.00 bits per heavy atom. The number of amides is 1. The molecule has 2 aromatic carbocycles. The van der Waals surface area contributed by atoms with Crippen LogP contribution in [0.4, 0.5) is 5.69 Å². The van der Waals surface area contributed by atoms with Crippen LogP contribution in [-0.2, 0) is 4.79 Å². The summed E-state index contributed by atoms with van der Waals surface area (Å²) in [6, 6.07) is 15.8. The predicted octanol–water partition coefficient (Wildman–Crippen LogP) is 3.58. The van der Waals surface area contributed by atoms with Crippen LogP contribution in [0.5, 0.6) is 0 Å². The van der Waals surface area contributed by atoms with Gasteiger partial charge < -0.3 is 10.6 Å². The van der Waals surface area contributed by atoms with E-state index in [1.54, 1.807) is 0 Å². The Bertz CT molecular complexity index is 728. The fourth-order valence-corrected chi connectivity index (χ4v) is 2.06. The van der Waals surface area contributed by atoms with Crippen LogP contribution >= 0.6 is 0 Å². The van der Waals surface area contributed by atoms with Gasteiger partial charge in [0, 0.05) is 18.4 Å². The summed E-state index contributed by atoms with van der Waals surface area (Å²) in [5.74, 6) is -0.343. The normalized spacial score (nSPS) is 11.0. The van der Waals surface area contributed by atoms with Gasteiger partial charge in [-0.2, -0.15) is 5.26 Å². The van der Waals surface area contributed by atoms with Crippen LogP contribution in [0, 0.1) is 11.3 Å². The molecule has 4 nitrogen and oxygen atoms in total. The lowest BCUT2D eigenvalue weighted by Crippen LogP contribution is -2.25. The number of nitriles is 1. The highest BCUT2D eigenvalue weighted by molar-refractivity contribution is 5.97. The van der Waals surface area contributed by atoms with E-state index in [0.29, 0.717) is 6.54 Å². The summed E-state index contributed by atoms with van der Waals surface area (Å²) in [6.45, 7) is 2.64. The van der Waals surface area contributed by atoms with Crippen molar-refractivity contribution in [1.82, 2.24) is 5.32 Å². The molecule has 0 saturated carbocycles. The molecule has 1 amide bonds. The van der Waals surface area contributed by atoms with Crippen LogP contribution in [-0.4, -0.2) is 12.5 Å². The molecule has 2 N–H and O–H groups in total. The molecular weight excluding hydrogens is 274 g/mol. The molecule has 0 fully saturated rings. The van der Waals surface area contributed by atoms with Crippen molar-refractivity contribution in [3.05, 3.63) is 54.2 Å². The lowest BCUT2D eigenvalue weighted by molar-refractivity contribution is -0.117. The Labute approximate surface area is 130 Å². The van der Waals surface area contributed by atoms with E-state index in [0.717, 1.165) is 29.3 Å². The van der Waals surface area contributed by atoms with Crippen molar-refractivity contribution < 1.29 is 4.79 Å². The van der Waals surface area contributed by atoms with E-state index in [1.807, 2.05) is 48.5 Å². The summed E-state index contributed by atoms with van der Waals surface area (Å²) in [5.41, 5.74) is 0.914. The van der Waals surface area contributed by atoms with Crippen LogP contribution in [0.2, 0.25) is 0 Å². The molecule has 2 aromatic rings. The first-order valence-electron chi connectivity index (χ1n) is 7.38. The molecule has 0 aromatic heterocycles. The number of fused-ring (bicyclic) bond motifs is 1. The van der Waals surface area contributed by atoms with E-state index in [9.17, 15) is 4.79 Å². The van der Waals surface area contributed by atoms with Crippen molar-refractivity contribution in [2.75, 3.05) is 11.9 Å². The van der Waals surface area contributed by atoms with Gasteiger partial charge in [-0.15, -0.1) is 0 Å². The number of unbranched alkanes of at least 4 members (excludes halogenated alkanes) is 1. The van der Waals surface area contributed by atoms with E-state index >= 15 is 0 Å². The number of nitrogens with zero attached hydrogens (tertiary/aromatic N) is 1. The van der Waals surface area contributed by atoms with Gasteiger partial charge in [-0.25, -0.2) is 0 Å². The SMILES string of the molecule is CCCCNC(=O)/C(C#N)=C\Nc1ccc2ccccc2c1. The molecule has 0 unspecified atom stereocenters. The maximum atomic E-state index is 11.8. The maximum absolute atomic E-state index is 11.8. The minimum atomic E-state index is -0.343. The summed E-state index contributed by atoms with van der Waals surface area (Å²) < 4.78 is 0. The van der Waals surface area contributed by atoms with E-state index < -0.39 is 0 Å². The Morgan fingerprint density at radius 1 is 1.23 bits per heavy atom. The number of benzene rings is 2. The molecule has 0 radical (unpaired) electrons. The van der Waals surface area contributed by atoms with Crippen LogP contribution in [0.25, 0.3) is 10.8 Å². The molecule has 2 rings (SSSR count). The smallest absolute Gasteiger partial charge is 0.263 e. The van der Waals surface area contributed by atoms with E-state index in [-0.39, 0.29) is 11.5 Å². The number of hydrogen-bond acceptors (Lipinski definition) is 3. The Kier molecular flexibility index (Phi) is 5.56. The first-order chi connectivity index (χ1) is 10.7. The van der Waals surface area contributed by atoms with Crippen molar-refractivity contribution in [3.63, 3.8) is 0 Å².